The third-order valence-corrected chi connectivity index (χ3v) is 4.00. The number of hydrogen-bond acceptors (Lipinski definition) is 2. The van der Waals surface area contributed by atoms with Crippen LogP contribution in [0.4, 0.5) is 0 Å². The summed E-state index contributed by atoms with van der Waals surface area (Å²) >= 11 is 0. The highest BCUT2D eigenvalue weighted by Crippen LogP contribution is 2.30. The van der Waals surface area contributed by atoms with Crippen molar-refractivity contribution in [2.75, 3.05) is 7.11 Å². The zero-order valence-corrected chi connectivity index (χ0v) is 11.2. The van der Waals surface area contributed by atoms with E-state index in [1.807, 2.05) is 13.8 Å². The lowest BCUT2D eigenvalue weighted by Gasteiger charge is -2.27. The van der Waals surface area contributed by atoms with Gasteiger partial charge in [0.2, 0.25) is 0 Å². The van der Waals surface area contributed by atoms with Gasteiger partial charge in [-0.05, 0) is 39.0 Å². The van der Waals surface area contributed by atoms with Crippen molar-refractivity contribution in [2.45, 2.75) is 64.9 Å². The van der Waals surface area contributed by atoms with Gasteiger partial charge in [0.05, 0.1) is 5.60 Å². The first kappa shape index (κ1) is 13.7. The minimum Gasteiger partial charge on any atom is -0.379 e. The van der Waals surface area contributed by atoms with Crippen molar-refractivity contribution < 1.29 is 9.53 Å². The molecule has 1 saturated carbocycles. The Morgan fingerprint density at radius 1 is 1.25 bits per heavy atom. The molecule has 0 bridgehead atoms. The number of carbonyl (C=O) groups excluding carboxylic acids is 1. The predicted molar refractivity (Wildman–Crippen MR) is 66.5 cm³/mol. The van der Waals surface area contributed by atoms with Gasteiger partial charge in [-0.15, -0.1) is 0 Å². The van der Waals surface area contributed by atoms with Crippen LogP contribution >= 0.6 is 0 Å². The SMILES string of the molecule is COC(C)(C)CCC(=O)C1CCC(C)CC1. The highest BCUT2D eigenvalue weighted by atomic mass is 16.5. The summed E-state index contributed by atoms with van der Waals surface area (Å²) in [5.74, 6) is 1.61. The van der Waals surface area contributed by atoms with Crippen molar-refractivity contribution in [1.82, 2.24) is 0 Å². The lowest BCUT2D eigenvalue weighted by molar-refractivity contribution is -0.125. The van der Waals surface area contributed by atoms with Crippen molar-refractivity contribution in [1.29, 1.82) is 0 Å². The zero-order chi connectivity index (χ0) is 12.2. The summed E-state index contributed by atoms with van der Waals surface area (Å²) in [6.45, 7) is 6.38. The summed E-state index contributed by atoms with van der Waals surface area (Å²) in [4.78, 5) is 12.0. The molecule has 16 heavy (non-hydrogen) atoms. The van der Waals surface area contributed by atoms with Crippen LogP contribution in [-0.4, -0.2) is 18.5 Å². The first-order chi connectivity index (χ1) is 7.44. The van der Waals surface area contributed by atoms with Gasteiger partial charge in [0.1, 0.15) is 5.78 Å². The smallest absolute Gasteiger partial charge is 0.136 e. The van der Waals surface area contributed by atoms with Crippen LogP contribution in [0.1, 0.15) is 59.3 Å². The summed E-state index contributed by atoms with van der Waals surface area (Å²) in [6.07, 6.45) is 6.18. The predicted octanol–water partition coefficient (Wildman–Crippen LogP) is 3.59. The average molecular weight is 226 g/mol. The summed E-state index contributed by atoms with van der Waals surface area (Å²) in [5, 5.41) is 0. The fourth-order valence-electron chi connectivity index (χ4n) is 2.31. The van der Waals surface area contributed by atoms with E-state index in [4.69, 9.17) is 4.74 Å². The molecule has 0 aliphatic heterocycles. The maximum Gasteiger partial charge on any atom is 0.136 e. The van der Waals surface area contributed by atoms with Crippen molar-refractivity contribution >= 4 is 5.78 Å². The van der Waals surface area contributed by atoms with Crippen LogP contribution in [0.25, 0.3) is 0 Å². The Kier molecular flexibility index (Phi) is 4.97. The highest BCUT2D eigenvalue weighted by molar-refractivity contribution is 5.81. The fraction of sp³-hybridized carbons (Fsp3) is 0.929. The van der Waals surface area contributed by atoms with E-state index in [1.54, 1.807) is 7.11 Å². The molecule has 1 rings (SSSR count). The second-order valence-electron chi connectivity index (χ2n) is 5.89. The van der Waals surface area contributed by atoms with E-state index in [0.29, 0.717) is 18.1 Å². The molecule has 1 fully saturated rings. The van der Waals surface area contributed by atoms with E-state index in [9.17, 15) is 4.79 Å². The van der Waals surface area contributed by atoms with Crippen LogP contribution in [0, 0.1) is 11.8 Å². The highest BCUT2D eigenvalue weighted by Gasteiger charge is 2.26. The summed E-state index contributed by atoms with van der Waals surface area (Å²) in [5.41, 5.74) is -0.155. The Morgan fingerprint density at radius 2 is 1.81 bits per heavy atom. The molecule has 0 aromatic heterocycles. The van der Waals surface area contributed by atoms with E-state index in [-0.39, 0.29) is 5.60 Å². The minimum atomic E-state index is -0.155. The molecule has 1 aliphatic rings. The van der Waals surface area contributed by atoms with Crippen molar-refractivity contribution in [3.63, 3.8) is 0 Å². The molecule has 0 N–H and O–H groups in total. The molecular weight excluding hydrogens is 200 g/mol. The number of rotatable bonds is 5. The molecule has 2 nitrogen and oxygen atoms in total. The van der Waals surface area contributed by atoms with Crippen LogP contribution in [0.5, 0.6) is 0 Å². The maximum atomic E-state index is 12.0. The van der Waals surface area contributed by atoms with E-state index in [2.05, 4.69) is 6.92 Å². The Labute approximate surface area is 99.8 Å². The number of ether oxygens (including phenoxy) is 1. The van der Waals surface area contributed by atoms with E-state index in [1.165, 1.54) is 12.8 Å². The third kappa shape index (κ3) is 4.25. The lowest BCUT2D eigenvalue weighted by Crippen LogP contribution is -2.26. The standard InChI is InChI=1S/C14H26O2/c1-11-5-7-12(8-6-11)13(15)9-10-14(2,3)16-4/h11-12H,5-10H2,1-4H3. The molecule has 0 amide bonds. The lowest BCUT2D eigenvalue weighted by atomic mass is 9.79. The maximum absolute atomic E-state index is 12.0. The van der Waals surface area contributed by atoms with Crippen LogP contribution in [0.2, 0.25) is 0 Å². The van der Waals surface area contributed by atoms with E-state index in [0.717, 1.165) is 25.2 Å². The molecule has 1 aliphatic carbocycles. The van der Waals surface area contributed by atoms with Crippen LogP contribution in [0.3, 0.4) is 0 Å². The van der Waals surface area contributed by atoms with Gasteiger partial charge >= 0.3 is 0 Å². The molecule has 0 spiro atoms. The van der Waals surface area contributed by atoms with Gasteiger partial charge in [0.25, 0.3) is 0 Å². The molecular formula is C14H26O2. The van der Waals surface area contributed by atoms with Crippen LogP contribution < -0.4 is 0 Å². The molecule has 94 valence electrons. The Hall–Kier alpha value is -0.370. The summed E-state index contributed by atoms with van der Waals surface area (Å²) in [6, 6.07) is 0. The molecule has 0 atom stereocenters. The second kappa shape index (κ2) is 5.81. The van der Waals surface area contributed by atoms with Crippen LogP contribution in [-0.2, 0) is 9.53 Å². The Balaban J connectivity index is 2.30. The molecule has 0 aromatic carbocycles. The summed E-state index contributed by atoms with van der Waals surface area (Å²) < 4.78 is 5.34. The topological polar surface area (TPSA) is 26.3 Å². The van der Waals surface area contributed by atoms with Crippen LogP contribution in [0.15, 0.2) is 0 Å². The Morgan fingerprint density at radius 3 is 2.31 bits per heavy atom. The normalized spacial score (nSPS) is 26.8. The van der Waals surface area contributed by atoms with Gasteiger partial charge in [-0.25, -0.2) is 0 Å². The van der Waals surface area contributed by atoms with Crippen molar-refractivity contribution in [3.8, 4) is 0 Å². The first-order valence-electron chi connectivity index (χ1n) is 6.52. The Bertz CT molecular complexity index is 225. The third-order valence-electron chi connectivity index (χ3n) is 4.00. The number of Topliss-reactive ketones (excluding diaryl/α,β-unsaturated/α-hetero) is 1. The quantitative estimate of drug-likeness (QED) is 0.716. The van der Waals surface area contributed by atoms with Gasteiger partial charge in [-0.1, -0.05) is 19.8 Å². The number of carbonyl (C=O) groups is 1. The molecule has 0 aromatic rings. The number of ketones is 1. The largest absolute Gasteiger partial charge is 0.379 e. The molecule has 2 heteroatoms. The minimum absolute atomic E-state index is 0.155. The average Bonchev–Trinajstić information content (AvgIpc) is 2.27. The van der Waals surface area contributed by atoms with Crippen molar-refractivity contribution in [2.24, 2.45) is 11.8 Å². The molecule has 0 saturated heterocycles. The van der Waals surface area contributed by atoms with Gasteiger partial charge in [-0.3, -0.25) is 4.79 Å². The van der Waals surface area contributed by atoms with Gasteiger partial charge in [0.15, 0.2) is 0 Å². The number of hydrogen-bond donors (Lipinski definition) is 0. The monoisotopic (exact) mass is 226 g/mol. The molecule has 0 heterocycles. The molecule has 0 unspecified atom stereocenters. The van der Waals surface area contributed by atoms with Gasteiger partial charge in [-0.2, -0.15) is 0 Å². The summed E-state index contributed by atoms with van der Waals surface area (Å²) in [7, 11) is 1.72. The fourth-order valence-corrected chi connectivity index (χ4v) is 2.31. The number of methoxy groups -OCH3 is 1. The zero-order valence-electron chi connectivity index (χ0n) is 11.2. The second-order valence-corrected chi connectivity index (χ2v) is 5.89. The van der Waals surface area contributed by atoms with Gasteiger partial charge < -0.3 is 4.74 Å². The van der Waals surface area contributed by atoms with Crippen molar-refractivity contribution in [3.05, 3.63) is 0 Å². The van der Waals surface area contributed by atoms with E-state index < -0.39 is 0 Å². The van der Waals surface area contributed by atoms with Gasteiger partial charge in [0, 0.05) is 19.4 Å². The molecule has 0 radical (unpaired) electrons. The van der Waals surface area contributed by atoms with E-state index >= 15 is 0 Å². The first-order valence-corrected chi connectivity index (χ1v) is 6.52.